The number of benzene rings is 2. The Balaban J connectivity index is 1.79. The molecule has 0 aromatic heterocycles. The lowest BCUT2D eigenvalue weighted by atomic mass is 10.2. The standard InChI is InChI=1S/C20H21Cl2NO5/c1-20(2,3)28-19(25)12-27-14-6-4-13(5-7-14)23-18(24)11-26-15-8-9-16(21)17(22)10-15/h4-10H,11-12H2,1-3H3,(H,23,24). The minimum atomic E-state index is -0.562. The molecule has 150 valence electrons. The number of esters is 1. The van der Waals surface area contributed by atoms with Gasteiger partial charge in [0, 0.05) is 11.8 Å². The fraction of sp³-hybridized carbons (Fsp3) is 0.300. The van der Waals surface area contributed by atoms with Crippen molar-refractivity contribution >= 4 is 40.8 Å². The first-order valence-corrected chi connectivity index (χ1v) is 9.20. The minimum absolute atomic E-state index is 0.186. The Morgan fingerprint density at radius 3 is 2.11 bits per heavy atom. The summed E-state index contributed by atoms with van der Waals surface area (Å²) >= 11 is 11.7. The average molecular weight is 426 g/mol. The van der Waals surface area contributed by atoms with Crippen molar-refractivity contribution in [2.45, 2.75) is 26.4 Å². The molecule has 0 radical (unpaired) electrons. The molecule has 2 aromatic carbocycles. The molecular weight excluding hydrogens is 405 g/mol. The number of halogens is 2. The molecule has 1 amide bonds. The van der Waals surface area contributed by atoms with Crippen LogP contribution >= 0.6 is 23.2 Å². The Labute approximate surface area is 173 Å². The Hall–Kier alpha value is -2.44. The lowest BCUT2D eigenvalue weighted by Crippen LogP contribution is -2.27. The van der Waals surface area contributed by atoms with Crippen LogP contribution in [-0.4, -0.2) is 30.7 Å². The number of ether oxygens (including phenoxy) is 3. The van der Waals surface area contributed by atoms with Gasteiger partial charge in [-0.25, -0.2) is 4.79 Å². The highest BCUT2D eigenvalue weighted by atomic mass is 35.5. The third-order valence-corrected chi connectivity index (χ3v) is 3.91. The molecule has 0 saturated heterocycles. The number of hydrogen-bond acceptors (Lipinski definition) is 5. The highest BCUT2D eigenvalue weighted by Gasteiger charge is 2.16. The van der Waals surface area contributed by atoms with Crippen LogP contribution in [0.5, 0.6) is 11.5 Å². The highest BCUT2D eigenvalue weighted by molar-refractivity contribution is 6.42. The molecular formula is C20H21Cl2NO5. The summed E-state index contributed by atoms with van der Waals surface area (Å²) in [4.78, 5) is 23.6. The maximum absolute atomic E-state index is 12.0. The van der Waals surface area contributed by atoms with Crippen molar-refractivity contribution < 1.29 is 23.8 Å². The summed E-state index contributed by atoms with van der Waals surface area (Å²) in [7, 11) is 0. The summed E-state index contributed by atoms with van der Waals surface area (Å²) < 4.78 is 15.9. The van der Waals surface area contributed by atoms with Crippen LogP contribution in [0, 0.1) is 0 Å². The zero-order chi connectivity index (χ0) is 20.7. The van der Waals surface area contributed by atoms with E-state index < -0.39 is 11.6 Å². The van der Waals surface area contributed by atoms with Crippen LogP contribution < -0.4 is 14.8 Å². The largest absolute Gasteiger partial charge is 0.484 e. The Morgan fingerprint density at radius 1 is 0.893 bits per heavy atom. The van der Waals surface area contributed by atoms with Crippen LogP contribution in [0.15, 0.2) is 42.5 Å². The highest BCUT2D eigenvalue weighted by Crippen LogP contribution is 2.26. The molecule has 0 fully saturated rings. The lowest BCUT2D eigenvalue weighted by molar-refractivity contribution is -0.157. The van der Waals surface area contributed by atoms with Gasteiger partial charge in [0.25, 0.3) is 5.91 Å². The molecule has 28 heavy (non-hydrogen) atoms. The number of rotatable bonds is 7. The van der Waals surface area contributed by atoms with Gasteiger partial charge < -0.3 is 19.5 Å². The van der Waals surface area contributed by atoms with Gasteiger partial charge in [-0.2, -0.15) is 0 Å². The van der Waals surface area contributed by atoms with E-state index in [9.17, 15) is 9.59 Å². The quantitative estimate of drug-likeness (QED) is 0.648. The summed E-state index contributed by atoms with van der Waals surface area (Å²) in [6, 6.07) is 11.3. The summed E-state index contributed by atoms with van der Waals surface area (Å²) in [5, 5.41) is 3.45. The molecule has 0 heterocycles. The van der Waals surface area contributed by atoms with Crippen LogP contribution in [0.2, 0.25) is 10.0 Å². The summed E-state index contributed by atoms with van der Waals surface area (Å²) in [5.74, 6) is 0.129. The SMILES string of the molecule is CC(C)(C)OC(=O)COc1ccc(NC(=O)COc2ccc(Cl)c(Cl)c2)cc1. The first-order valence-electron chi connectivity index (χ1n) is 8.45. The fourth-order valence-corrected chi connectivity index (χ4v) is 2.35. The van der Waals surface area contributed by atoms with Gasteiger partial charge in [-0.1, -0.05) is 23.2 Å². The maximum Gasteiger partial charge on any atom is 0.344 e. The first-order chi connectivity index (χ1) is 13.1. The van der Waals surface area contributed by atoms with Crippen LogP contribution in [-0.2, 0) is 14.3 Å². The topological polar surface area (TPSA) is 73.9 Å². The second kappa shape index (κ2) is 9.66. The molecule has 0 unspecified atom stereocenters. The van der Waals surface area contributed by atoms with E-state index in [-0.39, 0.29) is 19.1 Å². The van der Waals surface area contributed by atoms with Gasteiger partial charge >= 0.3 is 5.97 Å². The number of anilines is 1. The molecule has 0 aliphatic heterocycles. The van der Waals surface area contributed by atoms with Gasteiger partial charge in [0.2, 0.25) is 0 Å². The van der Waals surface area contributed by atoms with Crippen LogP contribution in [0.1, 0.15) is 20.8 Å². The molecule has 0 atom stereocenters. The predicted octanol–water partition coefficient (Wildman–Crippen LogP) is 4.73. The van der Waals surface area contributed by atoms with Crippen molar-refractivity contribution in [3.63, 3.8) is 0 Å². The van der Waals surface area contributed by atoms with E-state index in [1.54, 1.807) is 57.2 Å². The monoisotopic (exact) mass is 425 g/mol. The molecule has 1 N–H and O–H groups in total. The van der Waals surface area contributed by atoms with Crippen molar-refractivity contribution in [1.82, 2.24) is 0 Å². The van der Waals surface area contributed by atoms with Crippen molar-refractivity contribution in [3.8, 4) is 11.5 Å². The van der Waals surface area contributed by atoms with E-state index in [2.05, 4.69) is 5.32 Å². The van der Waals surface area contributed by atoms with E-state index in [0.717, 1.165) is 0 Å². The summed E-state index contributed by atoms with van der Waals surface area (Å²) in [6.45, 7) is 4.98. The van der Waals surface area contributed by atoms with E-state index >= 15 is 0 Å². The molecule has 2 rings (SSSR count). The number of amides is 1. The lowest BCUT2D eigenvalue weighted by Gasteiger charge is -2.19. The molecule has 0 saturated carbocycles. The molecule has 0 spiro atoms. The maximum atomic E-state index is 12.0. The Morgan fingerprint density at radius 2 is 1.50 bits per heavy atom. The van der Waals surface area contributed by atoms with Crippen molar-refractivity contribution in [2.75, 3.05) is 18.5 Å². The van der Waals surface area contributed by atoms with Gasteiger partial charge in [-0.15, -0.1) is 0 Å². The van der Waals surface area contributed by atoms with Gasteiger partial charge in [0.1, 0.15) is 17.1 Å². The van der Waals surface area contributed by atoms with E-state index in [1.807, 2.05) is 0 Å². The number of nitrogens with one attached hydrogen (secondary N) is 1. The third kappa shape index (κ3) is 7.66. The Kier molecular flexibility index (Phi) is 7.54. The van der Waals surface area contributed by atoms with Crippen molar-refractivity contribution in [3.05, 3.63) is 52.5 Å². The van der Waals surface area contributed by atoms with Gasteiger partial charge in [0.05, 0.1) is 10.0 Å². The molecule has 8 heteroatoms. The van der Waals surface area contributed by atoms with E-state index in [1.165, 1.54) is 6.07 Å². The fourth-order valence-electron chi connectivity index (χ4n) is 2.06. The number of carbonyl (C=O) groups excluding carboxylic acids is 2. The first kappa shape index (κ1) is 21.9. The second-order valence-corrected chi connectivity index (χ2v) is 7.63. The third-order valence-electron chi connectivity index (χ3n) is 3.18. The molecule has 2 aromatic rings. The average Bonchev–Trinajstić information content (AvgIpc) is 2.61. The number of hydrogen-bond donors (Lipinski definition) is 1. The molecule has 6 nitrogen and oxygen atoms in total. The summed E-state index contributed by atoms with van der Waals surface area (Å²) in [5.41, 5.74) is 0.000857. The normalized spacial score (nSPS) is 10.9. The molecule has 0 aliphatic carbocycles. The van der Waals surface area contributed by atoms with E-state index in [4.69, 9.17) is 37.4 Å². The Bertz CT molecular complexity index is 831. The zero-order valence-corrected chi connectivity index (χ0v) is 17.3. The summed E-state index contributed by atoms with van der Waals surface area (Å²) in [6.07, 6.45) is 0. The van der Waals surface area contributed by atoms with E-state index in [0.29, 0.717) is 27.2 Å². The smallest absolute Gasteiger partial charge is 0.344 e. The van der Waals surface area contributed by atoms with Crippen molar-refractivity contribution in [1.29, 1.82) is 0 Å². The molecule has 0 aliphatic rings. The van der Waals surface area contributed by atoms with Gasteiger partial charge in [-0.05, 0) is 57.2 Å². The van der Waals surface area contributed by atoms with Gasteiger partial charge in [0.15, 0.2) is 13.2 Å². The number of carbonyl (C=O) groups is 2. The van der Waals surface area contributed by atoms with Crippen LogP contribution in [0.4, 0.5) is 5.69 Å². The zero-order valence-electron chi connectivity index (χ0n) is 15.8. The van der Waals surface area contributed by atoms with Crippen LogP contribution in [0.25, 0.3) is 0 Å². The van der Waals surface area contributed by atoms with Crippen molar-refractivity contribution in [2.24, 2.45) is 0 Å². The predicted molar refractivity (Wildman–Crippen MR) is 108 cm³/mol. The second-order valence-electron chi connectivity index (χ2n) is 6.81. The van der Waals surface area contributed by atoms with Crippen LogP contribution in [0.3, 0.4) is 0 Å². The molecule has 0 bridgehead atoms. The van der Waals surface area contributed by atoms with Gasteiger partial charge in [-0.3, -0.25) is 4.79 Å². The minimum Gasteiger partial charge on any atom is -0.484 e.